The average Bonchev–Trinajstić information content (AvgIpc) is 3.13. The highest BCUT2D eigenvalue weighted by Crippen LogP contribution is 2.35. The van der Waals surface area contributed by atoms with Crippen LogP contribution in [0.15, 0.2) is 64.5 Å². The van der Waals surface area contributed by atoms with Gasteiger partial charge in [-0.3, -0.25) is 14.2 Å². The number of fused-ring (bicyclic) bond motifs is 1. The predicted octanol–water partition coefficient (Wildman–Crippen LogP) is 3.63. The Labute approximate surface area is 201 Å². The van der Waals surface area contributed by atoms with Crippen LogP contribution >= 0.6 is 11.3 Å². The highest BCUT2D eigenvalue weighted by atomic mass is 32.2. The van der Waals surface area contributed by atoms with Crippen LogP contribution in [0.1, 0.15) is 10.4 Å². The fraction of sp³-hybridized carbons (Fsp3) is 0.208. The topological polar surface area (TPSA) is 101 Å². The molecule has 1 N–H and O–H groups in total. The molecule has 2 aromatic heterocycles. The monoisotopic (exact) mass is 496 g/mol. The molecule has 176 valence electrons. The second-order valence-electron chi connectivity index (χ2n) is 8.12. The van der Waals surface area contributed by atoms with Gasteiger partial charge in [-0.2, -0.15) is 0 Å². The molecule has 1 amide bonds. The summed E-state index contributed by atoms with van der Waals surface area (Å²) in [5.74, 6) is -0.421. The van der Waals surface area contributed by atoms with E-state index in [1.165, 1.54) is 60.6 Å². The van der Waals surface area contributed by atoms with Crippen molar-refractivity contribution in [1.82, 2.24) is 13.9 Å². The van der Waals surface area contributed by atoms with Crippen LogP contribution in [0.2, 0.25) is 0 Å². The van der Waals surface area contributed by atoms with Gasteiger partial charge in [0.2, 0.25) is 15.9 Å². The summed E-state index contributed by atoms with van der Waals surface area (Å²) < 4.78 is 26.8. The van der Waals surface area contributed by atoms with Crippen LogP contribution in [-0.2, 0) is 21.4 Å². The fourth-order valence-corrected chi connectivity index (χ4v) is 5.50. The van der Waals surface area contributed by atoms with Gasteiger partial charge in [-0.1, -0.05) is 29.8 Å². The highest BCUT2D eigenvalue weighted by Gasteiger charge is 2.19. The zero-order chi connectivity index (χ0) is 24.6. The average molecular weight is 497 g/mol. The molecule has 0 atom stereocenters. The number of aryl methyl sites for hydroxylation is 2. The minimum atomic E-state index is -3.56. The Balaban J connectivity index is 1.60. The van der Waals surface area contributed by atoms with Crippen molar-refractivity contribution in [2.24, 2.45) is 0 Å². The van der Waals surface area contributed by atoms with Crippen LogP contribution in [0.3, 0.4) is 0 Å². The van der Waals surface area contributed by atoms with Crippen LogP contribution in [0.25, 0.3) is 21.3 Å². The number of benzene rings is 2. The Hall–Kier alpha value is -3.34. The smallest absolute Gasteiger partial charge is 0.263 e. The van der Waals surface area contributed by atoms with E-state index in [-0.39, 0.29) is 17.0 Å². The van der Waals surface area contributed by atoms with Crippen molar-refractivity contribution >= 4 is 43.2 Å². The first-order chi connectivity index (χ1) is 16.1. The molecule has 0 saturated carbocycles. The first-order valence-electron chi connectivity index (χ1n) is 10.5. The lowest BCUT2D eigenvalue weighted by molar-refractivity contribution is -0.116. The minimum absolute atomic E-state index is 0.123. The fourth-order valence-electron chi connectivity index (χ4n) is 3.59. The third kappa shape index (κ3) is 4.52. The summed E-state index contributed by atoms with van der Waals surface area (Å²) in [6, 6.07) is 13.8. The number of nitrogens with zero attached hydrogens (tertiary/aromatic N) is 3. The van der Waals surface area contributed by atoms with E-state index in [1.807, 2.05) is 38.1 Å². The van der Waals surface area contributed by atoms with Gasteiger partial charge >= 0.3 is 0 Å². The minimum Gasteiger partial charge on any atom is -0.325 e. The van der Waals surface area contributed by atoms with E-state index in [1.54, 1.807) is 0 Å². The summed E-state index contributed by atoms with van der Waals surface area (Å²) in [7, 11) is -0.654. The number of amides is 1. The van der Waals surface area contributed by atoms with Gasteiger partial charge in [-0.25, -0.2) is 17.7 Å². The van der Waals surface area contributed by atoms with Gasteiger partial charge < -0.3 is 5.32 Å². The van der Waals surface area contributed by atoms with E-state index in [4.69, 9.17) is 0 Å². The molecular weight excluding hydrogens is 472 g/mol. The summed E-state index contributed by atoms with van der Waals surface area (Å²) in [4.78, 5) is 32.1. The molecule has 0 aliphatic carbocycles. The molecule has 10 heteroatoms. The number of thiophene rings is 1. The standard InChI is InChI=1S/C24H24N4O4S2/c1-15-5-7-17(8-6-15)21-16(2)33-23-22(21)24(30)28(14-25-23)13-20(29)26-18-9-11-19(12-10-18)34(31,32)27(3)4/h5-12,14H,13H2,1-4H3,(H,26,29). The predicted molar refractivity (Wildman–Crippen MR) is 135 cm³/mol. The lowest BCUT2D eigenvalue weighted by Gasteiger charge is -2.12. The number of carbonyl (C=O) groups excluding carboxylic acids is 1. The van der Waals surface area contributed by atoms with Crippen LogP contribution in [0.5, 0.6) is 0 Å². The third-order valence-corrected chi connectivity index (χ3v) is 8.27. The maximum absolute atomic E-state index is 13.3. The van der Waals surface area contributed by atoms with E-state index in [0.29, 0.717) is 15.9 Å². The summed E-state index contributed by atoms with van der Waals surface area (Å²) in [5, 5.41) is 3.20. The van der Waals surface area contributed by atoms with E-state index in [2.05, 4.69) is 10.3 Å². The summed E-state index contributed by atoms with van der Waals surface area (Å²) in [6.45, 7) is 3.74. The molecule has 2 aromatic carbocycles. The van der Waals surface area contributed by atoms with Gasteiger partial charge in [0, 0.05) is 30.2 Å². The first-order valence-corrected chi connectivity index (χ1v) is 12.7. The summed E-state index contributed by atoms with van der Waals surface area (Å²) >= 11 is 1.45. The molecule has 0 spiro atoms. The zero-order valence-corrected chi connectivity index (χ0v) is 20.8. The number of anilines is 1. The highest BCUT2D eigenvalue weighted by molar-refractivity contribution is 7.89. The number of carbonyl (C=O) groups is 1. The molecule has 0 aliphatic heterocycles. The maximum Gasteiger partial charge on any atom is 0.263 e. The molecule has 0 fully saturated rings. The Morgan fingerprint density at radius 2 is 1.71 bits per heavy atom. The molecular formula is C24H24N4O4S2. The Kier molecular flexibility index (Phi) is 6.39. The summed E-state index contributed by atoms with van der Waals surface area (Å²) in [5.41, 5.74) is 3.04. The maximum atomic E-state index is 13.3. The molecule has 34 heavy (non-hydrogen) atoms. The van der Waals surface area contributed by atoms with Crippen LogP contribution in [0.4, 0.5) is 5.69 Å². The van der Waals surface area contributed by atoms with Crippen LogP contribution in [0, 0.1) is 13.8 Å². The van der Waals surface area contributed by atoms with Crippen molar-refractivity contribution in [1.29, 1.82) is 0 Å². The lowest BCUT2D eigenvalue weighted by Crippen LogP contribution is -2.27. The van der Waals surface area contributed by atoms with Crippen molar-refractivity contribution in [3.8, 4) is 11.1 Å². The van der Waals surface area contributed by atoms with Gasteiger partial charge in [0.1, 0.15) is 11.4 Å². The quantitative estimate of drug-likeness (QED) is 0.439. The van der Waals surface area contributed by atoms with Crippen molar-refractivity contribution in [2.45, 2.75) is 25.3 Å². The second-order valence-corrected chi connectivity index (χ2v) is 11.5. The molecule has 0 saturated heterocycles. The summed E-state index contributed by atoms with van der Waals surface area (Å²) in [6.07, 6.45) is 1.38. The van der Waals surface area contributed by atoms with Crippen molar-refractivity contribution < 1.29 is 13.2 Å². The van der Waals surface area contributed by atoms with Crippen molar-refractivity contribution in [3.05, 3.63) is 75.7 Å². The van der Waals surface area contributed by atoms with Gasteiger partial charge in [-0.05, 0) is 43.7 Å². The number of rotatable bonds is 6. The number of aromatic nitrogens is 2. The van der Waals surface area contributed by atoms with Crippen LogP contribution in [-0.4, -0.2) is 42.3 Å². The molecule has 0 aliphatic rings. The molecule has 8 nitrogen and oxygen atoms in total. The molecule has 4 aromatic rings. The molecule has 0 unspecified atom stereocenters. The lowest BCUT2D eigenvalue weighted by atomic mass is 10.0. The number of hydrogen-bond acceptors (Lipinski definition) is 6. The van der Waals surface area contributed by atoms with E-state index in [0.717, 1.165) is 25.9 Å². The van der Waals surface area contributed by atoms with Gasteiger partial charge in [0.05, 0.1) is 16.6 Å². The van der Waals surface area contributed by atoms with Crippen molar-refractivity contribution in [2.75, 3.05) is 19.4 Å². The van der Waals surface area contributed by atoms with E-state index >= 15 is 0 Å². The largest absolute Gasteiger partial charge is 0.325 e. The van der Waals surface area contributed by atoms with Gasteiger partial charge in [0.25, 0.3) is 5.56 Å². The Bertz CT molecular complexity index is 1540. The van der Waals surface area contributed by atoms with E-state index < -0.39 is 15.9 Å². The van der Waals surface area contributed by atoms with Crippen LogP contribution < -0.4 is 10.9 Å². The zero-order valence-electron chi connectivity index (χ0n) is 19.2. The van der Waals surface area contributed by atoms with E-state index in [9.17, 15) is 18.0 Å². The number of nitrogens with one attached hydrogen (secondary N) is 1. The Morgan fingerprint density at radius 3 is 2.32 bits per heavy atom. The number of sulfonamides is 1. The van der Waals surface area contributed by atoms with Gasteiger partial charge in [0.15, 0.2) is 0 Å². The molecule has 4 rings (SSSR count). The SMILES string of the molecule is Cc1ccc(-c2c(C)sc3ncn(CC(=O)Nc4ccc(S(=O)(=O)N(C)C)cc4)c(=O)c23)cc1. The second kappa shape index (κ2) is 9.13. The van der Waals surface area contributed by atoms with Gasteiger partial charge in [-0.15, -0.1) is 11.3 Å². The molecule has 2 heterocycles. The third-order valence-electron chi connectivity index (χ3n) is 5.43. The molecule has 0 bridgehead atoms. The molecule has 0 radical (unpaired) electrons. The normalized spacial score (nSPS) is 11.8. The van der Waals surface area contributed by atoms with Crippen molar-refractivity contribution in [3.63, 3.8) is 0 Å². The first kappa shape index (κ1) is 23.8. The number of hydrogen-bond donors (Lipinski definition) is 1. The Morgan fingerprint density at radius 1 is 1.06 bits per heavy atom.